The predicted octanol–water partition coefficient (Wildman–Crippen LogP) is 4.89. The SMILES string of the molecule is CCC(C)c1ccccc1OC(CC)c1nc(N)nc(C)c1C(=O)N(CC)CC. The Morgan fingerprint density at radius 3 is 2.34 bits per heavy atom. The molecule has 158 valence electrons. The van der Waals surface area contributed by atoms with Crippen molar-refractivity contribution in [2.24, 2.45) is 0 Å². The van der Waals surface area contributed by atoms with Crippen LogP contribution in [0.4, 0.5) is 5.95 Å². The lowest BCUT2D eigenvalue weighted by molar-refractivity contribution is 0.0764. The fourth-order valence-electron chi connectivity index (χ4n) is 3.48. The van der Waals surface area contributed by atoms with Crippen LogP contribution in [0.25, 0.3) is 0 Å². The summed E-state index contributed by atoms with van der Waals surface area (Å²) in [6.45, 7) is 13.3. The number of carbonyl (C=O) groups is 1. The minimum Gasteiger partial charge on any atom is -0.484 e. The van der Waals surface area contributed by atoms with Crippen LogP contribution in [0.3, 0.4) is 0 Å². The number of hydrogen-bond donors (Lipinski definition) is 1. The van der Waals surface area contributed by atoms with E-state index >= 15 is 0 Å². The largest absolute Gasteiger partial charge is 0.484 e. The molecule has 0 aliphatic heterocycles. The van der Waals surface area contributed by atoms with Crippen molar-refractivity contribution in [3.63, 3.8) is 0 Å². The molecule has 2 aromatic rings. The summed E-state index contributed by atoms with van der Waals surface area (Å²) >= 11 is 0. The van der Waals surface area contributed by atoms with E-state index in [0.29, 0.717) is 42.4 Å². The highest BCUT2D eigenvalue weighted by atomic mass is 16.5. The average Bonchev–Trinajstić information content (AvgIpc) is 2.71. The van der Waals surface area contributed by atoms with Crippen molar-refractivity contribution >= 4 is 11.9 Å². The molecule has 1 aromatic heterocycles. The van der Waals surface area contributed by atoms with Gasteiger partial charge in [0.05, 0.1) is 17.0 Å². The molecule has 29 heavy (non-hydrogen) atoms. The number of benzene rings is 1. The smallest absolute Gasteiger partial charge is 0.257 e. The van der Waals surface area contributed by atoms with Crippen molar-refractivity contribution in [2.75, 3.05) is 18.8 Å². The van der Waals surface area contributed by atoms with Crippen molar-refractivity contribution < 1.29 is 9.53 Å². The molecule has 6 nitrogen and oxygen atoms in total. The van der Waals surface area contributed by atoms with Gasteiger partial charge < -0.3 is 15.4 Å². The lowest BCUT2D eigenvalue weighted by Crippen LogP contribution is -2.33. The van der Waals surface area contributed by atoms with Crippen LogP contribution in [0.1, 0.15) is 86.8 Å². The van der Waals surface area contributed by atoms with Gasteiger partial charge in [0.25, 0.3) is 5.91 Å². The molecule has 2 rings (SSSR count). The van der Waals surface area contributed by atoms with Crippen LogP contribution < -0.4 is 10.5 Å². The third kappa shape index (κ3) is 5.05. The minimum atomic E-state index is -0.390. The van der Waals surface area contributed by atoms with Gasteiger partial charge in [0.2, 0.25) is 5.95 Å². The van der Waals surface area contributed by atoms with E-state index in [9.17, 15) is 4.79 Å². The normalized spacial score (nSPS) is 13.0. The average molecular weight is 399 g/mol. The van der Waals surface area contributed by atoms with Crippen molar-refractivity contribution in [3.05, 3.63) is 46.8 Å². The molecule has 0 aliphatic rings. The van der Waals surface area contributed by atoms with E-state index in [1.807, 2.05) is 39.0 Å². The number of carbonyl (C=O) groups excluding carboxylic acids is 1. The summed E-state index contributed by atoms with van der Waals surface area (Å²) in [6.07, 6.45) is 1.28. The van der Waals surface area contributed by atoms with E-state index < -0.39 is 6.10 Å². The lowest BCUT2D eigenvalue weighted by Gasteiger charge is -2.26. The number of nitrogens with two attached hydrogens (primary N) is 1. The van der Waals surface area contributed by atoms with Gasteiger partial charge in [-0.2, -0.15) is 0 Å². The first-order chi connectivity index (χ1) is 13.9. The number of ether oxygens (including phenoxy) is 1. The van der Waals surface area contributed by atoms with Crippen molar-refractivity contribution in [1.29, 1.82) is 0 Å². The molecule has 0 radical (unpaired) electrons. The second-order valence-electron chi connectivity index (χ2n) is 7.27. The zero-order valence-corrected chi connectivity index (χ0v) is 18.5. The number of rotatable bonds is 9. The minimum absolute atomic E-state index is 0.0836. The Balaban J connectivity index is 2.53. The maximum atomic E-state index is 13.2. The highest BCUT2D eigenvalue weighted by Gasteiger charge is 2.28. The first kappa shape index (κ1) is 22.7. The van der Waals surface area contributed by atoms with Crippen LogP contribution in [-0.2, 0) is 0 Å². The van der Waals surface area contributed by atoms with E-state index in [-0.39, 0.29) is 11.9 Å². The van der Waals surface area contributed by atoms with E-state index in [2.05, 4.69) is 29.9 Å². The molecule has 1 amide bonds. The zero-order valence-electron chi connectivity index (χ0n) is 18.5. The summed E-state index contributed by atoms with van der Waals surface area (Å²) < 4.78 is 6.44. The number of nitrogen functional groups attached to an aromatic ring is 1. The molecule has 2 atom stereocenters. The van der Waals surface area contributed by atoms with E-state index in [4.69, 9.17) is 10.5 Å². The second-order valence-corrected chi connectivity index (χ2v) is 7.27. The topological polar surface area (TPSA) is 81.3 Å². The molecule has 0 bridgehead atoms. The number of hydrogen-bond acceptors (Lipinski definition) is 5. The van der Waals surface area contributed by atoms with Crippen LogP contribution >= 0.6 is 0 Å². The van der Waals surface area contributed by atoms with Gasteiger partial charge in [0, 0.05) is 13.1 Å². The zero-order chi connectivity index (χ0) is 21.6. The molecule has 0 spiro atoms. The Hall–Kier alpha value is -2.63. The monoisotopic (exact) mass is 398 g/mol. The van der Waals surface area contributed by atoms with E-state index in [1.165, 1.54) is 0 Å². The molecule has 2 N–H and O–H groups in total. The number of nitrogens with zero attached hydrogens (tertiary/aromatic N) is 3. The van der Waals surface area contributed by atoms with Gasteiger partial charge in [-0.1, -0.05) is 39.0 Å². The quantitative estimate of drug-likeness (QED) is 0.650. The van der Waals surface area contributed by atoms with Gasteiger partial charge in [-0.3, -0.25) is 4.79 Å². The van der Waals surface area contributed by atoms with Crippen molar-refractivity contribution in [3.8, 4) is 5.75 Å². The third-order valence-electron chi connectivity index (χ3n) is 5.41. The fraction of sp³-hybridized carbons (Fsp3) is 0.522. The third-order valence-corrected chi connectivity index (χ3v) is 5.41. The van der Waals surface area contributed by atoms with Crippen molar-refractivity contribution in [1.82, 2.24) is 14.9 Å². The van der Waals surface area contributed by atoms with Gasteiger partial charge >= 0.3 is 0 Å². The van der Waals surface area contributed by atoms with E-state index in [1.54, 1.807) is 11.8 Å². The maximum absolute atomic E-state index is 13.2. The maximum Gasteiger partial charge on any atom is 0.257 e. The number of amides is 1. The Kier molecular flexibility index (Phi) is 8.00. The van der Waals surface area contributed by atoms with Gasteiger partial charge in [0.15, 0.2) is 0 Å². The molecule has 6 heteroatoms. The Morgan fingerprint density at radius 1 is 1.10 bits per heavy atom. The van der Waals surface area contributed by atoms with Crippen LogP contribution in [0.5, 0.6) is 5.75 Å². The standard InChI is InChI=1S/C23H34N4O2/c1-7-15(5)17-13-11-12-14-19(17)29-18(8-2)21-20(16(6)25-23(24)26-21)22(28)27(9-3)10-4/h11-15,18H,7-10H2,1-6H3,(H2,24,25,26). The van der Waals surface area contributed by atoms with Crippen LogP contribution in [-0.4, -0.2) is 33.9 Å². The number of aromatic nitrogens is 2. The molecule has 0 saturated carbocycles. The lowest BCUT2D eigenvalue weighted by atomic mass is 9.97. The Labute approximate surface area is 174 Å². The number of anilines is 1. The number of para-hydroxylation sites is 1. The molecule has 0 saturated heterocycles. The van der Waals surface area contributed by atoms with Gasteiger partial charge in [-0.15, -0.1) is 0 Å². The molecule has 1 aromatic carbocycles. The molecular weight excluding hydrogens is 364 g/mol. The van der Waals surface area contributed by atoms with Crippen LogP contribution in [0.15, 0.2) is 24.3 Å². The van der Waals surface area contributed by atoms with Gasteiger partial charge in [-0.25, -0.2) is 9.97 Å². The molecular formula is C23H34N4O2. The highest BCUT2D eigenvalue weighted by Crippen LogP contribution is 2.34. The predicted molar refractivity (Wildman–Crippen MR) is 117 cm³/mol. The molecule has 0 fully saturated rings. The summed E-state index contributed by atoms with van der Waals surface area (Å²) in [7, 11) is 0. The summed E-state index contributed by atoms with van der Waals surface area (Å²) in [6, 6.07) is 8.07. The van der Waals surface area contributed by atoms with Gasteiger partial charge in [0.1, 0.15) is 11.9 Å². The van der Waals surface area contributed by atoms with Crippen LogP contribution in [0, 0.1) is 6.92 Å². The Morgan fingerprint density at radius 2 is 1.76 bits per heavy atom. The summed E-state index contributed by atoms with van der Waals surface area (Å²) in [4.78, 5) is 23.7. The second kappa shape index (κ2) is 10.2. The first-order valence-corrected chi connectivity index (χ1v) is 10.6. The van der Waals surface area contributed by atoms with Gasteiger partial charge in [-0.05, 0) is 51.2 Å². The number of aryl methyl sites for hydroxylation is 1. The molecule has 0 aliphatic carbocycles. The van der Waals surface area contributed by atoms with Crippen molar-refractivity contribution in [2.45, 2.75) is 66.4 Å². The highest BCUT2D eigenvalue weighted by molar-refractivity contribution is 5.96. The summed E-state index contributed by atoms with van der Waals surface area (Å²) in [5.74, 6) is 1.27. The fourth-order valence-corrected chi connectivity index (χ4v) is 3.48. The summed E-state index contributed by atoms with van der Waals surface area (Å²) in [5.41, 5.74) is 8.75. The van der Waals surface area contributed by atoms with E-state index in [0.717, 1.165) is 17.7 Å². The van der Waals surface area contributed by atoms with Crippen LogP contribution in [0.2, 0.25) is 0 Å². The Bertz CT molecular complexity index is 834. The first-order valence-electron chi connectivity index (χ1n) is 10.6. The molecule has 2 unspecified atom stereocenters. The summed E-state index contributed by atoms with van der Waals surface area (Å²) in [5, 5.41) is 0. The molecule has 1 heterocycles.